The highest BCUT2D eigenvalue weighted by atomic mass is 16.5. The molecule has 7 heteroatoms. The molecule has 1 aromatic rings. The molecule has 0 spiro atoms. The average Bonchev–Trinajstić information content (AvgIpc) is 2.46. The standard InChI is InChI=1S/C14H19N3O4/c1-9(2)16-13(18)12-8-21-6-5-17(12)10-3-4-11(14(19)20)15-7-10/h3-4,7,9,12H,5-6,8H2,1-2H3,(H,16,18)(H,19,20). The van der Waals surface area contributed by atoms with E-state index in [4.69, 9.17) is 9.84 Å². The third kappa shape index (κ3) is 3.69. The van der Waals surface area contributed by atoms with Crippen molar-refractivity contribution in [2.45, 2.75) is 25.9 Å². The molecule has 0 saturated carbocycles. The SMILES string of the molecule is CC(C)NC(=O)C1COCCN1c1ccc(C(=O)O)nc1. The lowest BCUT2D eigenvalue weighted by Gasteiger charge is -2.36. The zero-order valence-electron chi connectivity index (χ0n) is 12.1. The highest BCUT2D eigenvalue weighted by Crippen LogP contribution is 2.19. The van der Waals surface area contributed by atoms with E-state index < -0.39 is 12.0 Å². The van der Waals surface area contributed by atoms with Gasteiger partial charge in [-0.3, -0.25) is 4.79 Å². The number of rotatable bonds is 4. The van der Waals surface area contributed by atoms with Gasteiger partial charge in [0.15, 0.2) is 0 Å². The minimum Gasteiger partial charge on any atom is -0.477 e. The lowest BCUT2D eigenvalue weighted by molar-refractivity contribution is -0.125. The van der Waals surface area contributed by atoms with Gasteiger partial charge in [-0.25, -0.2) is 9.78 Å². The first-order valence-corrected chi connectivity index (χ1v) is 6.83. The molecule has 2 N–H and O–H groups in total. The quantitative estimate of drug-likeness (QED) is 0.840. The normalized spacial score (nSPS) is 18.6. The maximum Gasteiger partial charge on any atom is 0.354 e. The van der Waals surface area contributed by atoms with Crippen molar-refractivity contribution in [1.82, 2.24) is 10.3 Å². The van der Waals surface area contributed by atoms with Crippen LogP contribution in [0.2, 0.25) is 0 Å². The van der Waals surface area contributed by atoms with Gasteiger partial charge in [0.2, 0.25) is 5.91 Å². The Morgan fingerprint density at radius 3 is 2.81 bits per heavy atom. The van der Waals surface area contributed by atoms with Crippen LogP contribution < -0.4 is 10.2 Å². The third-order valence-electron chi connectivity index (χ3n) is 3.16. The van der Waals surface area contributed by atoms with Crippen molar-refractivity contribution >= 4 is 17.6 Å². The summed E-state index contributed by atoms with van der Waals surface area (Å²) < 4.78 is 5.38. The number of carbonyl (C=O) groups excluding carboxylic acids is 1. The molecule has 1 unspecified atom stereocenters. The van der Waals surface area contributed by atoms with Gasteiger partial charge in [-0.05, 0) is 26.0 Å². The second kappa shape index (κ2) is 6.53. The summed E-state index contributed by atoms with van der Waals surface area (Å²) in [6, 6.07) is 2.72. The number of nitrogens with one attached hydrogen (secondary N) is 1. The number of hydrogen-bond donors (Lipinski definition) is 2. The second-order valence-electron chi connectivity index (χ2n) is 5.15. The Morgan fingerprint density at radius 2 is 2.24 bits per heavy atom. The van der Waals surface area contributed by atoms with Crippen molar-refractivity contribution in [3.63, 3.8) is 0 Å². The number of carboxylic acid groups (broad SMARTS) is 1. The van der Waals surface area contributed by atoms with E-state index in [0.717, 1.165) is 0 Å². The van der Waals surface area contributed by atoms with Gasteiger partial charge >= 0.3 is 5.97 Å². The number of pyridine rings is 1. The van der Waals surface area contributed by atoms with Crippen LogP contribution in [0, 0.1) is 0 Å². The van der Waals surface area contributed by atoms with Crippen LogP contribution in [0.3, 0.4) is 0 Å². The highest BCUT2D eigenvalue weighted by molar-refractivity contribution is 5.87. The number of morpholine rings is 1. The third-order valence-corrected chi connectivity index (χ3v) is 3.16. The fourth-order valence-corrected chi connectivity index (χ4v) is 2.19. The molecule has 1 aromatic heterocycles. The molecular weight excluding hydrogens is 274 g/mol. The molecule has 0 aromatic carbocycles. The number of amides is 1. The van der Waals surface area contributed by atoms with Crippen LogP contribution in [-0.2, 0) is 9.53 Å². The minimum absolute atomic E-state index is 0.0183. The van der Waals surface area contributed by atoms with Crippen LogP contribution in [-0.4, -0.2) is 53.8 Å². The van der Waals surface area contributed by atoms with Gasteiger partial charge in [0.05, 0.1) is 25.1 Å². The van der Waals surface area contributed by atoms with Crippen LogP contribution in [0.15, 0.2) is 18.3 Å². The second-order valence-corrected chi connectivity index (χ2v) is 5.15. The molecule has 114 valence electrons. The summed E-state index contributed by atoms with van der Waals surface area (Å²) in [6.45, 7) is 5.18. The Morgan fingerprint density at radius 1 is 1.48 bits per heavy atom. The van der Waals surface area contributed by atoms with E-state index in [9.17, 15) is 9.59 Å². The first-order valence-electron chi connectivity index (χ1n) is 6.83. The molecule has 2 rings (SSSR count). The molecule has 21 heavy (non-hydrogen) atoms. The highest BCUT2D eigenvalue weighted by Gasteiger charge is 2.30. The van der Waals surface area contributed by atoms with Gasteiger partial charge < -0.3 is 20.1 Å². The first kappa shape index (κ1) is 15.2. The van der Waals surface area contributed by atoms with Crippen LogP contribution in [0.1, 0.15) is 24.3 Å². The molecule has 1 fully saturated rings. The molecule has 0 aliphatic carbocycles. The van der Waals surface area contributed by atoms with E-state index >= 15 is 0 Å². The maximum atomic E-state index is 12.2. The Hall–Kier alpha value is -2.15. The van der Waals surface area contributed by atoms with Crippen molar-refractivity contribution < 1.29 is 19.4 Å². The summed E-state index contributed by atoms with van der Waals surface area (Å²) in [5, 5.41) is 11.7. The number of ether oxygens (including phenoxy) is 1. The minimum atomic E-state index is -1.07. The molecule has 1 atom stereocenters. The van der Waals surface area contributed by atoms with Crippen LogP contribution >= 0.6 is 0 Å². The van der Waals surface area contributed by atoms with Gasteiger partial charge in [0, 0.05) is 12.6 Å². The molecule has 7 nitrogen and oxygen atoms in total. The van der Waals surface area contributed by atoms with Gasteiger partial charge in [-0.1, -0.05) is 0 Å². The van der Waals surface area contributed by atoms with E-state index in [1.165, 1.54) is 12.3 Å². The first-order chi connectivity index (χ1) is 9.99. The molecule has 2 heterocycles. The van der Waals surface area contributed by atoms with Crippen LogP contribution in [0.25, 0.3) is 0 Å². The van der Waals surface area contributed by atoms with E-state index in [0.29, 0.717) is 25.4 Å². The largest absolute Gasteiger partial charge is 0.477 e. The summed E-state index contributed by atoms with van der Waals surface area (Å²) in [6.07, 6.45) is 1.48. The lowest BCUT2D eigenvalue weighted by atomic mass is 10.1. The Kier molecular flexibility index (Phi) is 4.74. The number of carboxylic acids is 1. The van der Waals surface area contributed by atoms with E-state index in [-0.39, 0.29) is 17.6 Å². The van der Waals surface area contributed by atoms with Gasteiger partial charge in [-0.2, -0.15) is 0 Å². The van der Waals surface area contributed by atoms with Crippen LogP contribution in [0.5, 0.6) is 0 Å². The molecule has 1 aliphatic heterocycles. The fourth-order valence-electron chi connectivity index (χ4n) is 2.19. The number of aromatic nitrogens is 1. The fraction of sp³-hybridized carbons (Fsp3) is 0.500. The number of carbonyl (C=O) groups is 2. The van der Waals surface area contributed by atoms with Crippen LogP contribution in [0.4, 0.5) is 5.69 Å². The Bertz CT molecular complexity index is 515. The lowest BCUT2D eigenvalue weighted by Crippen LogP contribution is -2.55. The van der Waals surface area contributed by atoms with Gasteiger partial charge in [0.25, 0.3) is 0 Å². The predicted octanol–water partition coefficient (Wildman–Crippen LogP) is 0.510. The monoisotopic (exact) mass is 293 g/mol. The van der Waals surface area contributed by atoms with Crippen molar-refractivity contribution in [3.05, 3.63) is 24.0 Å². The number of nitrogens with zero attached hydrogens (tertiary/aromatic N) is 2. The average molecular weight is 293 g/mol. The molecule has 1 aliphatic rings. The summed E-state index contributed by atoms with van der Waals surface area (Å²) in [7, 11) is 0. The Labute approximate surface area is 122 Å². The van der Waals surface area contributed by atoms with E-state index in [1.807, 2.05) is 18.7 Å². The van der Waals surface area contributed by atoms with E-state index in [2.05, 4.69) is 10.3 Å². The number of aromatic carboxylic acids is 1. The number of hydrogen-bond acceptors (Lipinski definition) is 5. The van der Waals surface area contributed by atoms with Crippen molar-refractivity contribution in [3.8, 4) is 0 Å². The smallest absolute Gasteiger partial charge is 0.354 e. The summed E-state index contributed by atoms with van der Waals surface area (Å²) in [4.78, 5) is 28.8. The van der Waals surface area contributed by atoms with Gasteiger partial charge in [0.1, 0.15) is 11.7 Å². The molecular formula is C14H19N3O4. The summed E-state index contributed by atoms with van der Waals surface area (Å²) in [5.74, 6) is -1.18. The van der Waals surface area contributed by atoms with Crippen molar-refractivity contribution in [2.75, 3.05) is 24.7 Å². The zero-order valence-corrected chi connectivity index (χ0v) is 12.1. The topological polar surface area (TPSA) is 91.8 Å². The molecule has 0 bridgehead atoms. The zero-order chi connectivity index (χ0) is 15.4. The van der Waals surface area contributed by atoms with Crippen molar-refractivity contribution in [1.29, 1.82) is 0 Å². The predicted molar refractivity (Wildman–Crippen MR) is 76.4 cm³/mol. The summed E-state index contributed by atoms with van der Waals surface area (Å²) >= 11 is 0. The summed E-state index contributed by atoms with van der Waals surface area (Å²) in [5.41, 5.74) is 0.697. The molecule has 0 radical (unpaired) electrons. The number of anilines is 1. The van der Waals surface area contributed by atoms with Crippen molar-refractivity contribution in [2.24, 2.45) is 0 Å². The van der Waals surface area contributed by atoms with E-state index in [1.54, 1.807) is 6.07 Å². The molecule has 1 saturated heterocycles. The van der Waals surface area contributed by atoms with Gasteiger partial charge in [-0.15, -0.1) is 0 Å². The molecule has 1 amide bonds. The maximum absolute atomic E-state index is 12.2. The Balaban J connectivity index is 2.18.